The van der Waals surface area contributed by atoms with Crippen molar-refractivity contribution in [3.05, 3.63) is 41.4 Å². The zero-order valence-electron chi connectivity index (χ0n) is 11.5. The number of hydrogen-bond acceptors (Lipinski definition) is 5. The average molecular weight is 338 g/mol. The molecule has 1 N–H and O–H groups in total. The van der Waals surface area contributed by atoms with E-state index in [2.05, 4.69) is 4.37 Å². The molecule has 0 fully saturated rings. The molecule has 1 atom stereocenters. The lowest BCUT2D eigenvalue weighted by Gasteiger charge is -2.23. The highest BCUT2D eigenvalue weighted by molar-refractivity contribution is 7.93. The second-order valence-electron chi connectivity index (χ2n) is 5.09. The maximum Gasteiger partial charge on any atom is 0.306 e. The predicted octanol–water partition coefficient (Wildman–Crippen LogP) is 1.99. The third-order valence-electron chi connectivity index (χ3n) is 3.75. The molecule has 0 aliphatic carbocycles. The highest BCUT2D eigenvalue weighted by atomic mass is 32.2. The molecule has 0 bridgehead atoms. The highest BCUT2D eigenvalue weighted by Gasteiger charge is 2.32. The number of carboxylic acids is 1. The van der Waals surface area contributed by atoms with E-state index in [1.165, 1.54) is 15.9 Å². The molecule has 1 unspecified atom stereocenters. The third kappa shape index (κ3) is 2.59. The minimum atomic E-state index is -3.72. The van der Waals surface area contributed by atoms with Crippen LogP contribution in [0.4, 0.5) is 5.69 Å². The molecule has 2 heterocycles. The maximum atomic E-state index is 12.8. The molecule has 0 saturated heterocycles. The van der Waals surface area contributed by atoms with Crippen molar-refractivity contribution in [3.8, 4) is 0 Å². The number of sulfonamides is 1. The van der Waals surface area contributed by atoms with Gasteiger partial charge in [0.25, 0.3) is 10.0 Å². The number of rotatable bonds is 3. The van der Waals surface area contributed by atoms with E-state index in [1.807, 2.05) is 0 Å². The van der Waals surface area contributed by atoms with Gasteiger partial charge in [0.2, 0.25) is 0 Å². The topological polar surface area (TPSA) is 87.6 Å². The molecule has 0 radical (unpaired) electrons. The summed E-state index contributed by atoms with van der Waals surface area (Å²) in [7, 11) is -3.72. The van der Waals surface area contributed by atoms with E-state index < -0.39 is 21.9 Å². The van der Waals surface area contributed by atoms with E-state index in [9.17, 15) is 18.3 Å². The van der Waals surface area contributed by atoms with E-state index in [-0.39, 0.29) is 17.9 Å². The van der Waals surface area contributed by atoms with Crippen LogP contribution in [0.15, 0.2) is 40.7 Å². The number of nitrogens with zero attached hydrogens (tertiary/aromatic N) is 2. The van der Waals surface area contributed by atoms with Crippen LogP contribution in [0.25, 0.3) is 0 Å². The molecule has 116 valence electrons. The van der Waals surface area contributed by atoms with Crippen molar-refractivity contribution in [1.82, 2.24) is 4.37 Å². The van der Waals surface area contributed by atoms with Gasteiger partial charge in [-0.25, -0.2) is 8.42 Å². The summed E-state index contributed by atoms with van der Waals surface area (Å²) in [4.78, 5) is 11.5. The number of anilines is 1. The SMILES string of the molecule is O=C(O)C1CCN(S(=O)(=O)c2cnsc2)c2ccccc2C1. The van der Waals surface area contributed by atoms with Gasteiger partial charge in [-0.3, -0.25) is 9.10 Å². The Morgan fingerprint density at radius 2 is 2.14 bits per heavy atom. The standard InChI is InChI=1S/C14H14N2O4S2/c17-14(18)11-5-6-16(13-4-2-1-3-10(13)7-11)22(19,20)12-8-15-21-9-12/h1-4,8-9,11H,5-7H2,(H,17,18). The molecule has 1 aromatic carbocycles. The van der Waals surface area contributed by atoms with E-state index in [0.29, 0.717) is 12.1 Å². The lowest BCUT2D eigenvalue weighted by molar-refractivity contribution is -0.141. The zero-order chi connectivity index (χ0) is 15.7. The fourth-order valence-electron chi connectivity index (χ4n) is 2.60. The summed E-state index contributed by atoms with van der Waals surface area (Å²) in [6, 6.07) is 7.05. The van der Waals surface area contributed by atoms with Crippen molar-refractivity contribution in [2.75, 3.05) is 10.8 Å². The lowest BCUT2D eigenvalue weighted by atomic mass is 9.97. The summed E-state index contributed by atoms with van der Waals surface area (Å²) in [6.07, 6.45) is 1.93. The molecular formula is C14H14N2O4S2. The van der Waals surface area contributed by atoms with Crippen LogP contribution in [0.5, 0.6) is 0 Å². The molecule has 0 saturated carbocycles. The first-order valence-electron chi connectivity index (χ1n) is 6.73. The predicted molar refractivity (Wildman–Crippen MR) is 82.5 cm³/mol. The van der Waals surface area contributed by atoms with Gasteiger partial charge in [-0.2, -0.15) is 4.37 Å². The molecule has 1 aromatic heterocycles. The Labute approximate surface area is 132 Å². The number of aromatic nitrogens is 1. The highest BCUT2D eigenvalue weighted by Crippen LogP contribution is 2.33. The molecule has 6 nitrogen and oxygen atoms in total. The number of carbonyl (C=O) groups is 1. The minimum Gasteiger partial charge on any atom is -0.481 e. The zero-order valence-corrected chi connectivity index (χ0v) is 13.2. The number of para-hydroxylation sites is 1. The van der Waals surface area contributed by atoms with Crippen molar-refractivity contribution in [2.45, 2.75) is 17.7 Å². The van der Waals surface area contributed by atoms with Crippen molar-refractivity contribution >= 4 is 33.2 Å². The van der Waals surface area contributed by atoms with E-state index in [1.54, 1.807) is 24.3 Å². The smallest absolute Gasteiger partial charge is 0.306 e. The Bertz CT molecular complexity index is 787. The largest absolute Gasteiger partial charge is 0.481 e. The van der Waals surface area contributed by atoms with Crippen LogP contribution in [0.1, 0.15) is 12.0 Å². The summed E-state index contributed by atoms with van der Waals surface area (Å²) < 4.78 is 30.7. The van der Waals surface area contributed by atoms with Gasteiger partial charge in [-0.05, 0) is 36.0 Å². The normalized spacial score (nSPS) is 18.5. The van der Waals surface area contributed by atoms with E-state index >= 15 is 0 Å². The van der Waals surface area contributed by atoms with Crippen LogP contribution in [0.2, 0.25) is 0 Å². The number of aliphatic carboxylic acids is 1. The van der Waals surface area contributed by atoms with Gasteiger partial charge in [-0.15, -0.1) is 0 Å². The van der Waals surface area contributed by atoms with Crippen LogP contribution in [-0.2, 0) is 21.2 Å². The van der Waals surface area contributed by atoms with Crippen LogP contribution in [0.3, 0.4) is 0 Å². The fourth-order valence-corrected chi connectivity index (χ4v) is 4.90. The number of hydrogen-bond donors (Lipinski definition) is 1. The molecule has 3 rings (SSSR count). The van der Waals surface area contributed by atoms with E-state index in [0.717, 1.165) is 17.1 Å². The van der Waals surface area contributed by atoms with Gasteiger partial charge >= 0.3 is 5.97 Å². The van der Waals surface area contributed by atoms with Gasteiger partial charge in [0.15, 0.2) is 0 Å². The summed E-state index contributed by atoms with van der Waals surface area (Å²) in [5.74, 6) is -1.48. The summed E-state index contributed by atoms with van der Waals surface area (Å²) in [5.41, 5.74) is 1.29. The molecular weight excluding hydrogens is 324 g/mol. The Balaban J connectivity index is 2.08. The summed E-state index contributed by atoms with van der Waals surface area (Å²) in [6.45, 7) is 0.145. The first-order chi connectivity index (χ1) is 10.5. The Morgan fingerprint density at radius 1 is 1.36 bits per heavy atom. The molecule has 1 aliphatic rings. The van der Waals surface area contributed by atoms with Crippen LogP contribution in [0, 0.1) is 5.92 Å². The van der Waals surface area contributed by atoms with Crippen LogP contribution < -0.4 is 4.31 Å². The second kappa shape index (κ2) is 5.69. The minimum absolute atomic E-state index is 0.140. The maximum absolute atomic E-state index is 12.8. The molecule has 1 aliphatic heterocycles. The number of carboxylic acid groups (broad SMARTS) is 1. The molecule has 0 amide bonds. The second-order valence-corrected chi connectivity index (χ2v) is 7.61. The molecule has 0 spiro atoms. The number of benzene rings is 1. The Morgan fingerprint density at radius 3 is 2.82 bits per heavy atom. The average Bonchev–Trinajstić information content (AvgIpc) is 2.95. The van der Waals surface area contributed by atoms with Crippen molar-refractivity contribution in [3.63, 3.8) is 0 Å². The Kier molecular flexibility index (Phi) is 3.88. The lowest BCUT2D eigenvalue weighted by Crippen LogP contribution is -2.32. The first kappa shape index (κ1) is 15.0. The molecule has 22 heavy (non-hydrogen) atoms. The van der Waals surface area contributed by atoms with E-state index in [4.69, 9.17) is 0 Å². The monoisotopic (exact) mass is 338 g/mol. The van der Waals surface area contributed by atoms with Gasteiger partial charge in [-0.1, -0.05) is 18.2 Å². The van der Waals surface area contributed by atoms with Crippen molar-refractivity contribution in [1.29, 1.82) is 0 Å². The van der Waals surface area contributed by atoms with Gasteiger partial charge < -0.3 is 5.11 Å². The Hall–Kier alpha value is -1.93. The quantitative estimate of drug-likeness (QED) is 0.924. The van der Waals surface area contributed by atoms with Gasteiger partial charge in [0.05, 0.1) is 17.8 Å². The van der Waals surface area contributed by atoms with Crippen LogP contribution >= 0.6 is 11.5 Å². The molecule has 2 aromatic rings. The van der Waals surface area contributed by atoms with Gasteiger partial charge in [0.1, 0.15) is 4.90 Å². The summed E-state index contributed by atoms with van der Waals surface area (Å²) in [5, 5.41) is 10.8. The van der Waals surface area contributed by atoms with Crippen LogP contribution in [-0.4, -0.2) is 30.4 Å². The van der Waals surface area contributed by atoms with Gasteiger partial charge in [0, 0.05) is 11.9 Å². The number of fused-ring (bicyclic) bond motifs is 1. The first-order valence-corrected chi connectivity index (χ1v) is 9.00. The van der Waals surface area contributed by atoms with Crippen molar-refractivity contribution < 1.29 is 18.3 Å². The fraction of sp³-hybridized carbons (Fsp3) is 0.286. The third-order valence-corrected chi connectivity index (χ3v) is 6.27. The summed E-state index contributed by atoms with van der Waals surface area (Å²) >= 11 is 1.07. The molecule has 8 heteroatoms. The van der Waals surface area contributed by atoms with Crippen molar-refractivity contribution in [2.24, 2.45) is 5.92 Å².